The van der Waals surface area contributed by atoms with Crippen LogP contribution in [0.25, 0.3) is 0 Å². The van der Waals surface area contributed by atoms with Crippen molar-refractivity contribution in [3.63, 3.8) is 0 Å². The van der Waals surface area contributed by atoms with Gasteiger partial charge < -0.3 is 19.1 Å². The molecule has 0 saturated carbocycles. The van der Waals surface area contributed by atoms with Crippen molar-refractivity contribution in [3.05, 3.63) is 59.4 Å². The lowest BCUT2D eigenvalue weighted by Crippen LogP contribution is -2.51. The van der Waals surface area contributed by atoms with E-state index in [-0.39, 0.29) is 30.8 Å². The van der Waals surface area contributed by atoms with E-state index in [0.29, 0.717) is 42.9 Å². The van der Waals surface area contributed by atoms with Crippen molar-refractivity contribution in [1.82, 2.24) is 4.90 Å². The fourth-order valence-corrected chi connectivity index (χ4v) is 4.11. The van der Waals surface area contributed by atoms with E-state index in [1.165, 1.54) is 19.2 Å². The number of nitrogens with zero attached hydrogens (tertiary/aromatic N) is 1. The molecular weight excluding hydrogens is 401 g/mol. The van der Waals surface area contributed by atoms with Crippen molar-refractivity contribution >= 4 is 11.9 Å². The summed E-state index contributed by atoms with van der Waals surface area (Å²) in [5.74, 6) is 0.117. The van der Waals surface area contributed by atoms with Gasteiger partial charge in [-0.05, 0) is 56.0 Å². The van der Waals surface area contributed by atoms with E-state index in [4.69, 9.17) is 14.2 Å². The van der Waals surface area contributed by atoms with Crippen LogP contribution in [-0.4, -0.2) is 50.7 Å². The van der Waals surface area contributed by atoms with E-state index in [2.05, 4.69) is 0 Å². The number of ether oxygens (including phenoxy) is 3. The minimum atomic E-state index is -0.887. The Morgan fingerprint density at radius 3 is 2.48 bits per heavy atom. The Morgan fingerprint density at radius 2 is 1.84 bits per heavy atom. The number of halogens is 1. The molecule has 0 unspecified atom stereocenters. The SMILES string of the molecule is CCOC(=O)[C@]1(Cc2ccc(F)cc2)CCCN(C(=O)c2ccc(OC)cc2OC)C1. The molecule has 1 aliphatic heterocycles. The van der Waals surface area contributed by atoms with Crippen molar-refractivity contribution in [2.75, 3.05) is 33.9 Å². The minimum Gasteiger partial charge on any atom is -0.497 e. The van der Waals surface area contributed by atoms with Gasteiger partial charge in [0.15, 0.2) is 0 Å². The normalized spacial score (nSPS) is 18.4. The summed E-state index contributed by atoms with van der Waals surface area (Å²) in [7, 11) is 3.04. The van der Waals surface area contributed by atoms with Gasteiger partial charge in [-0.15, -0.1) is 0 Å². The molecule has 2 aromatic carbocycles. The van der Waals surface area contributed by atoms with Crippen LogP contribution >= 0.6 is 0 Å². The summed E-state index contributed by atoms with van der Waals surface area (Å²) in [5, 5.41) is 0. The summed E-state index contributed by atoms with van der Waals surface area (Å²) in [6.45, 7) is 2.76. The number of methoxy groups -OCH3 is 2. The van der Waals surface area contributed by atoms with Gasteiger partial charge in [-0.25, -0.2) is 4.39 Å². The molecule has 1 fully saturated rings. The fraction of sp³-hybridized carbons (Fsp3) is 0.417. The number of esters is 1. The molecule has 6 nitrogen and oxygen atoms in total. The molecular formula is C24H28FNO5. The van der Waals surface area contributed by atoms with Crippen LogP contribution in [0.2, 0.25) is 0 Å². The number of carbonyl (C=O) groups is 2. The third-order valence-electron chi connectivity index (χ3n) is 5.67. The highest BCUT2D eigenvalue weighted by atomic mass is 19.1. The number of piperidine rings is 1. The van der Waals surface area contributed by atoms with E-state index in [1.54, 1.807) is 49.3 Å². The zero-order valence-electron chi connectivity index (χ0n) is 18.2. The lowest BCUT2D eigenvalue weighted by molar-refractivity contribution is -0.158. The molecule has 31 heavy (non-hydrogen) atoms. The maximum atomic E-state index is 13.4. The van der Waals surface area contributed by atoms with Gasteiger partial charge in [0, 0.05) is 19.2 Å². The standard InChI is InChI=1S/C24H28FNO5/c1-4-31-23(28)24(15-17-6-8-18(25)9-7-17)12-5-13-26(16-24)22(27)20-11-10-19(29-2)14-21(20)30-3/h6-11,14H,4-5,12-13,15-16H2,1-3H3/t24-/m0/s1. The number of rotatable bonds is 7. The molecule has 1 amide bonds. The summed E-state index contributed by atoms with van der Waals surface area (Å²) in [6.07, 6.45) is 1.62. The van der Waals surface area contributed by atoms with E-state index >= 15 is 0 Å². The smallest absolute Gasteiger partial charge is 0.314 e. The number of hydrogen-bond acceptors (Lipinski definition) is 5. The second-order valence-electron chi connectivity index (χ2n) is 7.70. The third-order valence-corrected chi connectivity index (χ3v) is 5.67. The first kappa shape index (κ1) is 22.6. The number of likely N-dealkylation sites (tertiary alicyclic amines) is 1. The zero-order chi connectivity index (χ0) is 22.4. The highest BCUT2D eigenvalue weighted by molar-refractivity contribution is 5.97. The minimum absolute atomic E-state index is 0.216. The highest BCUT2D eigenvalue weighted by Gasteiger charge is 2.45. The second-order valence-corrected chi connectivity index (χ2v) is 7.70. The zero-order valence-corrected chi connectivity index (χ0v) is 18.2. The van der Waals surface area contributed by atoms with E-state index in [1.807, 2.05) is 0 Å². The first-order chi connectivity index (χ1) is 14.9. The molecule has 1 atom stereocenters. The largest absolute Gasteiger partial charge is 0.497 e. The Bertz CT molecular complexity index is 930. The first-order valence-corrected chi connectivity index (χ1v) is 10.4. The maximum Gasteiger partial charge on any atom is 0.314 e. The molecule has 3 rings (SSSR count). The van der Waals surface area contributed by atoms with Gasteiger partial charge in [-0.2, -0.15) is 0 Å². The van der Waals surface area contributed by atoms with Crippen molar-refractivity contribution in [2.24, 2.45) is 5.41 Å². The molecule has 0 N–H and O–H groups in total. The number of carbonyl (C=O) groups excluding carboxylic acids is 2. The van der Waals surface area contributed by atoms with E-state index in [0.717, 1.165) is 5.56 Å². The van der Waals surface area contributed by atoms with Crippen LogP contribution in [0.15, 0.2) is 42.5 Å². The van der Waals surface area contributed by atoms with Crippen LogP contribution in [0, 0.1) is 11.2 Å². The molecule has 7 heteroatoms. The summed E-state index contributed by atoms with van der Waals surface area (Å²) in [6, 6.07) is 11.1. The Hall–Kier alpha value is -3.09. The van der Waals surface area contributed by atoms with Gasteiger partial charge in [0.05, 0.1) is 31.8 Å². The van der Waals surface area contributed by atoms with Crippen molar-refractivity contribution in [2.45, 2.75) is 26.2 Å². The van der Waals surface area contributed by atoms with Gasteiger partial charge in [0.1, 0.15) is 17.3 Å². The molecule has 0 spiro atoms. The predicted molar refractivity (Wildman–Crippen MR) is 114 cm³/mol. The average Bonchev–Trinajstić information content (AvgIpc) is 2.80. The second kappa shape index (κ2) is 9.81. The van der Waals surface area contributed by atoms with Gasteiger partial charge in [0.2, 0.25) is 0 Å². The molecule has 1 aliphatic rings. The maximum absolute atomic E-state index is 13.4. The molecule has 0 aliphatic carbocycles. The summed E-state index contributed by atoms with van der Waals surface area (Å²) < 4.78 is 29.4. The summed E-state index contributed by atoms with van der Waals surface area (Å²) in [5.41, 5.74) is 0.345. The number of benzene rings is 2. The predicted octanol–water partition coefficient (Wildman–Crippen LogP) is 3.87. The average molecular weight is 429 g/mol. The Labute approximate surface area is 181 Å². The molecule has 2 aromatic rings. The highest BCUT2D eigenvalue weighted by Crippen LogP contribution is 2.37. The first-order valence-electron chi connectivity index (χ1n) is 10.4. The lowest BCUT2D eigenvalue weighted by Gasteiger charge is -2.41. The number of amides is 1. The topological polar surface area (TPSA) is 65.1 Å². The summed E-state index contributed by atoms with van der Waals surface area (Å²) >= 11 is 0. The van der Waals surface area contributed by atoms with Crippen molar-refractivity contribution < 1.29 is 28.2 Å². The lowest BCUT2D eigenvalue weighted by atomic mass is 9.75. The van der Waals surface area contributed by atoms with Crippen molar-refractivity contribution in [1.29, 1.82) is 0 Å². The fourth-order valence-electron chi connectivity index (χ4n) is 4.11. The van der Waals surface area contributed by atoms with E-state index in [9.17, 15) is 14.0 Å². The molecule has 0 aromatic heterocycles. The van der Waals surface area contributed by atoms with Crippen LogP contribution in [0.3, 0.4) is 0 Å². The van der Waals surface area contributed by atoms with E-state index < -0.39 is 5.41 Å². The molecule has 1 heterocycles. The Kier molecular flexibility index (Phi) is 7.15. The van der Waals surface area contributed by atoms with Crippen molar-refractivity contribution in [3.8, 4) is 11.5 Å². The van der Waals surface area contributed by atoms with Gasteiger partial charge in [-0.3, -0.25) is 9.59 Å². The van der Waals surface area contributed by atoms with Gasteiger partial charge >= 0.3 is 5.97 Å². The molecule has 166 valence electrons. The third kappa shape index (κ3) is 4.98. The summed E-state index contributed by atoms with van der Waals surface area (Å²) in [4.78, 5) is 28.0. The molecule has 0 radical (unpaired) electrons. The molecule has 1 saturated heterocycles. The van der Waals surface area contributed by atoms with Crippen LogP contribution in [0.1, 0.15) is 35.7 Å². The van der Waals surface area contributed by atoms with Gasteiger partial charge in [0.25, 0.3) is 5.91 Å². The Morgan fingerprint density at radius 1 is 1.10 bits per heavy atom. The van der Waals surface area contributed by atoms with Crippen LogP contribution in [-0.2, 0) is 16.0 Å². The Balaban J connectivity index is 1.90. The van der Waals surface area contributed by atoms with Crippen LogP contribution in [0.5, 0.6) is 11.5 Å². The van der Waals surface area contributed by atoms with Gasteiger partial charge in [-0.1, -0.05) is 12.1 Å². The monoisotopic (exact) mass is 429 g/mol. The quantitative estimate of drug-likeness (QED) is 0.625. The molecule has 0 bridgehead atoms. The number of hydrogen-bond donors (Lipinski definition) is 0. The van der Waals surface area contributed by atoms with Crippen LogP contribution in [0.4, 0.5) is 4.39 Å². The van der Waals surface area contributed by atoms with Crippen LogP contribution < -0.4 is 9.47 Å².